The maximum atomic E-state index is 13.3. The Morgan fingerprint density at radius 3 is 2.92 bits per heavy atom. The Bertz CT molecular complexity index is 774. The fraction of sp³-hybridized carbons (Fsp3) is 0.500. The highest BCUT2D eigenvalue weighted by Crippen LogP contribution is 2.39. The first-order valence-corrected chi connectivity index (χ1v) is 8.60. The molecule has 2 heterocycles. The van der Waals surface area contributed by atoms with Crippen LogP contribution in [0.5, 0.6) is 0 Å². The number of likely N-dealkylation sites (tertiary alicyclic amines) is 1. The molecule has 0 unspecified atom stereocenters. The highest BCUT2D eigenvalue weighted by molar-refractivity contribution is 5.79. The van der Waals surface area contributed by atoms with Gasteiger partial charge in [0, 0.05) is 31.5 Å². The summed E-state index contributed by atoms with van der Waals surface area (Å²) in [5.74, 6) is 0.922. The number of benzene rings is 1. The molecule has 2 aliphatic rings. The molecule has 0 spiro atoms. The highest BCUT2D eigenvalue weighted by atomic mass is 19.1. The van der Waals surface area contributed by atoms with Gasteiger partial charge in [-0.15, -0.1) is 0 Å². The molecule has 4 rings (SSSR count). The van der Waals surface area contributed by atoms with Crippen LogP contribution in [0.25, 0.3) is 0 Å². The lowest BCUT2D eigenvalue weighted by molar-refractivity contribution is -0.129. The van der Waals surface area contributed by atoms with Gasteiger partial charge in [0.05, 0.1) is 12.3 Å². The summed E-state index contributed by atoms with van der Waals surface area (Å²) in [6.45, 7) is 0.831. The van der Waals surface area contributed by atoms with E-state index in [1.807, 2.05) is 0 Å². The van der Waals surface area contributed by atoms with Crippen LogP contribution in [0.1, 0.15) is 42.0 Å². The lowest BCUT2D eigenvalue weighted by atomic mass is 9.97. The molecule has 1 aromatic carbocycles. The zero-order chi connectivity index (χ0) is 17.4. The molecule has 1 N–H and O–H groups in total. The largest absolute Gasteiger partial charge is 0.396 e. The molecule has 0 radical (unpaired) electrons. The predicted octanol–water partition coefficient (Wildman–Crippen LogP) is 1.86. The number of hydrogen-bond donors (Lipinski definition) is 1. The van der Waals surface area contributed by atoms with Gasteiger partial charge < -0.3 is 14.5 Å². The second kappa shape index (κ2) is 6.55. The van der Waals surface area contributed by atoms with Crippen LogP contribution in [-0.4, -0.2) is 45.8 Å². The van der Waals surface area contributed by atoms with Crippen molar-refractivity contribution < 1.29 is 18.8 Å². The number of rotatable bonds is 5. The summed E-state index contributed by atoms with van der Waals surface area (Å²) in [7, 11) is 0. The van der Waals surface area contributed by atoms with E-state index in [4.69, 9.17) is 4.52 Å². The molecule has 1 saturated carbocycles. The summed E-state index contributed by atoms with van der Waals surface area (Å²) in [6, 6.07) is 6.06. The zero-order valence-corrected chi connectivity index (χ0v) is 13.8. The quantitative estimate of drug-likeness (QED) is 0.895. The van der Waals surface area contributed by atoms with Gasteiger partial charge in [-0.25, -0.2) is 4.39 Å². The van der Waals surface area contributed by atoms with Crippen molar-refractivity contribution in [2.24, 2.45) is 5.92 Å². The first-order valence-electron chi connectivity index (χ1n) is 8.60. The molecule has 7 heteroatoms. The summed E-state index contributed by atoms with van der Waals surface area (Å²) in [6.07, 6.45) is 2.32. The number of halogens is 1. The lowest BCUT2D eigenvalue weighted by Crippen LogP contribution is -2.30. The SMILES string of the molecule is O=C(Cc1cccc(F)c1)N1C[C@@H](CO)[C@H](c2nc(C3CC3)no2)C1. The normalized spacial score (nSPS) is 23.2. The van der Waals surface area contributed by atoms with Gasteiger partial charge in [0.15, 0.2) is 5.82 Å². The summed E-state index contributed by atoms with van der Waals surface area (Å²) in [5.41, 5.74) is 0.641. The Morgan fingerprint density at radius 1 is 1.36 bits per heavy atom. The smallest absolute Gasteiger partial charge is 0.231 e. The number of hydrogen-bond acceptors (Lipinski definition) is 5. The van der Waals surface area contributed by atoms with E-state index in [0.717, 1.165) is 18.7 Å². The van der Waals surface area contributed by atoms with Gasteiger partial charge in [-0.1, -0.05) is 17.3 Å². The van der Waals surface area contributed by atoms with Crippen molar-refractivity contribution >= 4 is 5.91 Å². The molecule has 1 amide bonds. The number of carbonyl (C=O) groups excluding carboxylic acids is 1. The average molecular weight is 345 g/mol. The fourth-order valence-electron chi connectivity index (χ4n) is 3.38. The number of aliphatic hydroxyl groups excluding tert-OH is 1. The minimum atomic E-state index is -0.351. The van der Waals surface area contributed by atoms with Gasteiger partial charge in [0.2, 0.25) is 11.8 Å². The molecular formula is C18H20FN3O3. The monoisotopic (exact) mass is 345 g/mol. The van der Waals surface area contributed by atoms with Crippen molar-refractivity contribution in [2.45, 2.75) is 31.1 Å². The van der Waals surface area contributed by atoms with E-state index >= 15 is 0 Å². The van der Waals surface area contributed by atoms with Crippen LogP contribution in [-0.2, 0) is 11.2 Å². The predicted molar refractivity (Wildman–Crippen MR) is 86.3 cm³/mol. The zero-order valence-electron chi connectivity index (χ0n) is 13.8. The summed E-state index contributed by atoms with van der Waals surface area (Å²) >= 11 is 0. The van der Waals surface area contributed by atoms with Crippen LogP contribution < -0.4 is 0 Å². The number of aromatic nitrogens is 2. The maximum absolute atomic E-state index is 13.3. The third kappa shape index (κ3) is 3.42. The molecule has 2 aromatic rings. The molecule has 25 heavy (non-hydrogen) atoms. The van der Waals surface area contributed by atoms with Crippen LogP contribution in [0.4, 0.5) is 4.39 Å². The third-order valence-corrected chi connectivity index (χ3v) is 4.99. The molecule has 2 fully saturated rings. The molecule has 1 aliphatic carbocycles. The molecule has 132 valence electrons. The van der Waals surface area contributed by atoms with E-state index in [9.17, 15) is 14.3 Å². The number of nitrogens with zero attached hydrogens (tertiary/aromatic N) is 3. The third-order valence-electron chi connectivity index (χ3n) is 4.99. The van der Waals surface area contributed by atoms with Crippen molar-refractivity contribution in [3.63, 3.8) is 0 Å². The van der Waals surface area contributed by atoms with Crippen molar-refractivity contribution in [1.29, 1.82) is 0 Å². The summed E-state index contributed by atoms with van der Waals surface area (Å²) < 4.78 is 18.7. The Kier molecular flexibility index (Phi) is 4.25. The Morgan fingerprint density at radius 2 is 2.20 bits per heavy atom. The Hall–Kier alpha value is -2.28. The molecule has 2 atom stereocenters. The highest BCUT2D eigenvalue weighted by Gasteiger charge is 2.40. The number of amides is 1. The minimum Gasteiger partial charge on any atom is -0.396 e. The van der Waals surface area contributed by atoms with E-state index in [1.165, 1.54) is 12.1 Å². The molecule has 1 saturated heterocycles. The Labute approximate surface area is 144 Å². The first-order chi connectivity index (χ1) is 12.1. The summed E-state index contributed by atoms with van der Waals surface area (Å²) in [5, 5.41) is 13.7. The second-order valence-corrected chi connectivity index (χ2v) is 6.92. The summed E-state index contributed by atoms with van der Waals surface area (Å²) in [4.78, 5) is 18.7. The molecule has 1 aromatic heterocycles. The van der Waals surface area contributed by atoms with Crippen molar-refractivity contribution in [2.75, 3.05) is 19.7 Å². The first kappa shape index (κ1) is 16.2. The molecule has 0 bridgehead atoms. The van der Waals surface area contributed by atoms with Crippen molar-refractivity contribution in [1.82, 2.24) is 15.0 Å². The average Bonchev–Trinajstić information content (AvgIpc) is 3.17. The minimum absolute atomic E-state index is 0.0461. The Balaban J connectivity index is 1.45. The van der Waals surface area contributed by atoms with Crippen LogP contribution in [0.2, 0.25) is 0 Å². The fourth-order valence-corrected chi connectivity index (χ4v) is 3.38. The van der Waals surface area contributed by atoms with Crippen LogP contribution in [0.15, 0.2) is 28.8 Å². The van der Waals surface area contributed by atoms with Crippen LogP contribution >= 0.6 is 0 Å². The van der Waals surface area contributed by atoms with Gasteiger partial charge in [-0.05, 0) is 30.5 Å². The van der Waals surface area contributed by atoms with Crippen molar-refractivity contribution in [3.05, 3.63) is 47.4 Å². The van der Waals surface area contributed by atoms with Crippen molar-refractivity contribution in [3.8, 4) is 0 Å². The topological polar surface area (TPSA) is 79.5 Å². The number of carbonyl (C=O) groups is 1. The standard InChI is InChI=1S/C18H20FN3O3/c19-14-3-1-2-11(6-14)7-16(24)22-8-13(10-23)15(9-22)18-20-17(21-25-18)12-4-5-12/h1-3,6,12-13,15,23H,4-5,7-10H2/t13-,15+/m0/s1. The van der Waals surface area contributed by atoms with Gasteiger partial charge >= 0.3 is 0 Å². The van der Waals surface area contributed by atoms with E-state index in [1.54, 1.807) is 17.0 Å². The van der Waals surface area contributed by atoms with Gasteiger partial charge in [0.25, 0.3) is 0 Å². The molecule has 6 nitrogen and oxygen atoms in total. The van der Waals surface area contributed by atoms with Crippen LogP contribution in [0.3, 0.4) is 0 Å². The van der Waals surface area contributed by atoms with Gasteiger partial charge in [0.1, 0.15) is 5.82 Å². The lowest BCUT2D eigenvalue weighted by Gasteiger charge is -2.16. The second-order valence-electron chi connectivity index (χ2n) is 6.92. The van der Waals surface area contributed by atoms with Crippen LogP contribution in [0, 0.1) is 11.7 Å². The van der Waals surface area contributed by atoms with E-state index < -0.39 is 0 Å². The van der Waals surface area contributed by atoms with E-state index in [0.29, 0.717) is 30.5 Å². The maximum Gasteiger partial charge on any atom is 0.231 e. The van der Waals surface area contributed by atoms with Gasteiger partial charge in [-0.2, -0.15) is 4.98 Å². The van der Waals surface area contributed by atoms with E-state index in [2.05, 4.69) is 10.1 Å². The molecular weight excluding hydrogens is 325 g/mol. The molecule has 1 aliphatic heterocycles. The van der Waals surface area contributed by atoms with Gasteiger partial charge in [-0.3, -0.25) is 4.79 Å². The van der Waals surface area contributed by atoms with E-state index in [-0.39, 0.29) is 36.6 Å². The number of aliphatic hydroxyl groups is 1.